The van der Waals surface area contributed by atoms with Crippen LogP contribution in [0, 0.1) is 6.92 Å². The third-order valence-corrected chi connectivity index (χ3v) is 2.59. The number of hydrogen-bond donors (Lipinski definition) is 1. The minimum absolute atomic E-state index is 0.985. The maximum absolute atomic E-state index is 5.40. The van der Waals surface area contributed by atoms with Crippen LogP contribution in [0.5, 0.6) is 5.75 Å². The molecule has 1 aromatic carbocycles. The summed E-state index contributed by atoms with van der Waals surface area (Å²) in [4.78, 5) is 3.37. The van der Waals surface area contributed by atoms with Crippen LogP contribution in [0.25, 0.3) is 10.9 Å². The number of methoxy groups -OCH3 is 1. The molecule has 2 heteroatoms. The van der Waals surface area contributed by atoms with E-state index >= 15 is 0 Å². The first-order chi connectivity index (χ1) is 6.76. The van der Waals surface area contributed by atoms with Crippen LogP contribution in [-0.2, 0) is 6.42 Å². The molecular formula is C12H15NO. The van der Waals surface area contributed by atoms with Crippen LogP contribution >= 0.6 is 0 Å². The van der Waals surface area contributed by atoms with Gasteiger partial charge < -0.3 is 9.72 Å². The molecule has 1 aromatic heterocycles. The standard InChI is InChI=1S/C12H15NO/c1-4-9-7-10-11(13-9)6-5-8(2)12(10)14-3/h5-7,13H,4H2,1-3H3. The van der Waals surface area contributed by atoms with Crippen molar-refractivity contribution in [3.63, 3.8) is 0 Å². The highest BCUT2D eigenvalue weighted by molar-refractivity contribution is 5.88. The molecule has 0 aliphatic heterocycles. The Kier molecular flexibility index (Phi) is 2.20. The van der Waals surface area contributed by atoms with Crippen LogP contribution in [0.4, 0.5) is 0 Å². The van der Waals surface area contributed by atoms with Gasteiger partial charge in [-0.2, -0.15) is 0 Å². The molecule has 74 valence electrons. The molecule has 0 saturated heterocycles. The fourth-order valence-corrected chi connectivity index (χ4v) is 1.81. The lowest BCUT2D eigenvalue weighted by atomic mass is 10.1. The molecular weight excluding hydrogens is 174 g/mol. The molecule has 0 unspecified atom stereocenters. The Balaban J connectivity index is 2.73. The van der Waals surface area contributed by atoms with Gasteiger partial charge in [-0.3, -0.25) is 0 Å². The van der Waals surface area contributed by atoms with Crippen LogP contribution in [0.2, 0.25) is 0 Å². The predicted octanol–water partition coefficient (Wildman–Crippen LogP) is 3.05. The normalized spacial score (nSPS) is 10.8. The van der Waals surface area contributed by atoms with Crippen molar-refractivity contribution in [1.82, 2.24) is 4.98 Å². The summed E-state index contributed by atoms with van der Waals surface area (Å²) in [5.74, 6) is 0.985. The first-order valence-corrected chi connectivity index (χ1v) is 4.91. The molecule has 14 heavy (non-hydrogen) atoms. The van der Waals surface area contributed by atoms with E-state index in [0.29, 0.717) is 0 Å². The van der Waals surface area contributed by atoms with Gasteiger partial charge in [0.05, 0.1) is 7.11 Å². The summed E-state index contributed by atoms with van der Waals surface area (Å²) in [5, 5.41) is 1.18. The van der Waals surface area contributed by atoms with Gasteiger partial charge in [0.15, 0.2) is 0 Å². The molecule has 0 amide bonds. The number of ether oxygens (including phenoxy) is 1. The summed E-state index contributed by atoms with van der Waals surface area (Å²) in [6, 6.07) is 6.35. The van der Waals surface area contributed by atoms with Gasteiger partial charge in [-0.05, 0) is 31.0 Å². The van der Waals surface area contributed by atoms with Gasteiger partial charge in [-0.25, -0.2) is 0 Å². The third kappa shape index (κ3) is 1.27. The molecule has 1 N–H and O–H groups in total. The zero-order valence-electron chi connectivity index (χ0n) is 8.85. The molecule has 2 aromatic rings. The highest BCUT2D eigenvalue weighted by atomic mass is 16.5. The second-order valence-corrected chi connectivity index (χ2v) is 3.53. The molecule has 0 aliphatic rings. The Morgan fingerprint density at radius 1 is 1.36 bits per heavy atom. The van der Waals surface area contributed by atoms with E-state index in [1.54, 1.807) is 7.11 Å². The molecule has 2 rings (SSSR count). The van der Waals surface area contributed by atoms with Crippen LogP contribution < -0.4 is 4.74 Å². The van der Waals surface area contributed by atoms with Gasteiger partial charge in [-0.1, -0.05) is 13.0 Å². The highest BCUT2D eigenvalue weighted by Gasteiger charge is 2.07. The van der Waals surface area contributed by atoms with Crippen molar-refractivity contribution in [3.8, 4) is 5.75 Å². The second-order valence-electron chi connectivity index (χ2n) is 3.53. The zero-order chi connectivity index (χ0) is 10.1. The molecule has 0 atom stereocenters. The van der Waals surface area contributed by atoms with Crippen LogP contribution in [-0.4, -0.2) is 12.1 Å². The van der Waals surface area contributed by atoms with E-state index in [0.717, 1.165) is 17.7 Å². The maximum atomic E-state index is 5.40. The van der Waals surface area contributed by atoms with Gasteiger partial charge in [0.25, 0.3) is 0 Å². The SMILES string of the molecule is CCc1cc2c(OC)c(C)ccc2[nH]1. The van der Waals surface area contributed by atoms with E-state index in [9.17, 15) is 0 Å². The number of rotatable bonds is 2. The highest BCUT2D eigenvalue weighted by Crippen LogP contribution is 2.29. The molecule has 2 nitrogen and oxygen atoms in total. The van der Waals surface area contributed by atoms with E-state index in [1.165, 1.54) is 16.6 Å². The van der Waals surface area contributed by atoms with Crippen molar-refractivity contribution in [2.45, 2.75) is 20.3 Å². The molecule has 1 heterocycles. The van der Waals surface area contributed by atoms with Crippen LogP contribution in [0.1, 0.15) is 18.2 Å². The van der Waals surface area contributed by atoms with E-state index in [2.05, 4.69) is 37.0 Å². The average molecular weight is 189 g/mol. The number of H-pyrrole nitrogens is 1. The second kappa shape index (κ2) is 3.37. The van der Waals surface area contributed by atoms with Gasteiger partial charge in [-0.15, -0.1) is 0 Å². The largest absolute Gasteiger partial charge is 0.496 e. The molecule has 0 saturated carbocycles. The molecule has 0 fully saturated rings. The number of aromatic amines is 1. The Morgan fingerprint density at radius 2 is 2.14 bits per heavy atom. The van der Waals surface area contributed by atoms with Gasteiger partial charge in [0.2, 0.25) is 0 Å². The van der Waals surface area contributed by atoms with Crippen molar-refractivity contribution in [3.05, 3.63) is 29.5 Å². The summed E-state index contributed by atoms with van der Waals surface area (Å²) < 4.78 is 5.40. The first kappa shape index (κ1) is 9.13. The number of aromatic nitrogens is 1. The smallest absolute Gasteiger partial charge is 0.131 e. The fourth-order valence-electron chi connectivity index (χ4n) is 1.81. The molecule has 0 aliphatic carbocycles. The summed E-state index contributed by atoms with van der Waals surface area (Å²) in [6.45, 7) is 4.21. The Hall–Kier alpha value is -1.44. The first-order valence-electron chi connectivity index (χ1n) is 4.91. The number of benzene rings is 1. The number of fused-ring (bicyclic) bond motifs is 1. The Labute approximate surface area is 83.9 Å². The van der Waals surface area contributed by atoms with Crippen molar-refractivity contribution in [1.29, 1.82) is 0 Å². The number of hydrogen-bond acceptors (Lipinski definition) is 1. The zero-order valence-corrected chi connectivity index (χ0v) is 8.85. The molecule has 0 bridgehead atoms. The van der Waals surface area contributed by atoms with Crippen molar-refractivity contribution in [2.75, 3.05) is 7.11 Å². The quantitative estimate of drug-likeness (QED) is 0.771. The topological polar surface area (TPSA) is 25.0 Å². The minimum atomic E-state index is 0.985. The van der Waals surface area contributed by atoms with E-state index < -0.39 is 0 Å². The monoisotopic (exact) mass is 189 g/mol. The number of aryl methyl sites for hydroxylation is 2. The van der Waals surface area contributed by atoms with Crippen LogP contribution in [0.15, 0.2) is 18.2 Å². The third-order valence-electron chi connectivity index (χ3n) is 2.59. The summed E-state index contributed by atoms with van der Waals surface area (Å²) in [7, 11) is 1.72. The van der Waals surface area contributed by atoms with Crippen molar-refractivity contribution >= 4 is 10.9 Å². The molecule has 0 radical (unpaired) electrons. The molecule has 0 spiro atoms. The van der Waals surface area contributed by atoms with Crippen LogP contribution in [0.3, 0.4) is 0 Å². The predicted molar refractivity (Wildman–Crippen MR) is 59.0 cm³/mol. The van der Waals surface area contributed by atoms with Gasteiger partial charge in [0.1, 0.15) is 5.75 Å². The van der Waals surface area contributed by atoms with E-state index in [4.69, 9.17) is 4.74 Å². The minimum Gasteiger partial charge on any atom is -0.496 e. The van der Waals surface area contributed by atoms with E-state index in [-0.39, 0.29) is 0 Å². The fraction of sp³-hybridized carbons (Fsp3) is 0.333. The van der Waals surface area contributed by atoms with Gasteiger partial charge >= 0.3 is 0 Å². The maximum Gasteiger partial charge on any atom is 0.131 e. The lowest BCUT2D eigenvalue weighted by Crippen LogP contribution is -1.86. The summed E-state index contributed by atoms with van der Waals surface area (Å²) >= 11 is 0. The summed E-state index contributed by atoms with van der Waals surface area (Å²) in [6.07, 6.45) is 1.02. The van der Waals surface area contributed by atoms with Crippen molar-refractivity contribution < 1.29 is 4.74 Å². The lowest BCUT2D eigenvalue weighted by Gasteiger charge is -2.04. The van der Waals surface area contributed by atoms with Gasteiger partial charge in [0, 0.05) is 16.6 Å². The Bertz CT molecular complexity index is 457. The summed E-state index contributed by atoms with van der Waals surface area (Å²) in [5.41, 5.74) is 3.59. The van der Waals surface area contributed by atoms with Crippen molar-refractivity contribution in [2.24, 2.45) is 0 Å². The Morgan fingerprint density at radius 3 is 2.79 bits per heavy atom. The number of nitrogens with one attached hydrogen (secondary N) is 1. The van der Waals surface area contributed by atoms with E-state index in [1.807, 2.05) is 0 Å². The lowest BCUT2D eigenvalue weighted by molar-refractivity contribution is 0.417. The average Bonchev–Trinajstić information content (AvgIpc) is 2.60.